The molecule has 0 radical (unpaired) electrons. The number of fused-ring (bicyclic) bond motifs is 4. The van der Waals surface area contributed by atoms with Gasteiger partial charge in [0.25, 0.3) is 6.33 Å². The minimum absolute atomic E-state index is 0. The second-order valence-electron chi connectivity index (χ2n) is 22.3. The van der Waals surface area contributed by atoms with Crippen molar-refractivity contribution in [2.45, 2.75) is 86.0 Å². The molecule has 6 heteroatoms. The molecule has 5 nitrogen and oxygen atoms in total. The van der Waals surface area contributed by atoms with Crippen molar-refractivity contribution in [2.24, 2.45) is 5.41 Å². The predicted molar refractivity (Wildman–Crippen MR) is 302 cm³/mol. The normalized spacial score (nSPS) is 13.5. The van der Waals surface area contributed by atoms with E-state index in [4.69, 9.17) is 13.8 Å². The van der Waals surface area contributed by atoms with Crippen LogP contribution in [0.3, 0.4) is 0 Å². The average Bonchev–Trinajstić information content (AvgIpc) is 4.22. The fourth-order valence-corrected chi connectivity index (χ4v) is 9.84. The van der Waals surface area contributed by atoms with E-state index in [9.17, 15) is 2.74 Å². The summed E-state index contributed by atoms with van der Waals surface area (Å²) in [6.45, 7) is 22.4. The van der Waals surface area contributed by atoms with Crippen molar-refractivity contribution in [3.05, 3.63) is 223 Å². The van der Waals surface area contributed by atoms with E-state index in [0.29, 0.717) is 28.4 Å². The van der Waals surface area contributed by atoms with Crippen molar-refractivity contribution >= 4 is 32.8 Å². The Morgan fingerprint density at radius 3 is 1.92 bits per heavy atom. The third kappa shape index (κ3) is 9.44. The Morgan fingerprint density at radius 2 is 1.22 bits per heavy atom. The van der Waals surface area contributed by atoms with Crippen LogP contribution >= 0.6 is 0 Å². The molecule has 8 aromatic carbocycles. The summed E-state index contributed by atoms with van der Waals surface area (Å²) in [5.74, 6) is 1.97. The average molecular weight is 1150 g/mol. The Bertz CT molecular complexity index is 4100. The van der Waals surface area contributed by atoms with Crippen molar-refractivity contribution in [3.63, 3.8) is 0 Å². The van der Waals surface area contributed by atoms with E-state index in [1.165, 1.54) is 5.56 Å². The molecule has 74 heavy (non-hydrogen) atoms. The number of nitrogens with zero attached hydrogens (tertiary/aromatic N) is 4. The summed E-state index contributed by atoms with van der Waals surface area (Å²) >= 11 is 0. The fraction of sp³-hybridized carbons (Fsp3) is 0.206. The molecule has 1 atom stereocenters. The zero-order chi connectivity index (χ0) is 55.2. The van der Waals surface area contributed by atoms with Gasteiger partial charge in [-0.25, -0.2) is 4.98 Å². The smallest absolute Gasteiger partial charge is 0.268 e. The second kappa shape index (κ2) is 19.5. The molecule has 0 amide bonds. The second-order valence-corrected chi connectivity index (χ2v) is 22.3. The molecule has 3 aromatic heterocycles. The number of imidazole rings is 1. The molecule has 0 aliphatic rings. The molecule has 0 fully saturated rings. The summed E-state index contributed by atoms with van der Waals surface area (Å²) in [5, 5.41) is 2.11. The first-order valence-corrected chi connectivity index (χ1v) is 25.1. The van der Waals surface area contributed by atoms with Crippen molar-refractivity contribution in [3.8, 4) is 62.1 Å². The monoisotopic (exact) mass is 1150 g/mol. The van der Waals surface area contributed by atoms with Gasteiger partial charge in [-0.2, -0.15) is 18.2 Å². The van der Waals surface area contributed by atoms with Crippen LogP contribution in [-0.4, -0.2) is 14.1 Å². The minimum atomic E-state index is -0.446. The number of benzene rings is 8. The van der Waals surface area contributed by atoms with Gasteiger partial charge in [-0.3, -0.25) is 4.57 Å². The molecule has 0 saturated heterocycles. The van der Waals surface area contributed by atoms with Gasteiger partial charge in [-0.05, 0) is 89.9 Å². The number of hydrogen-bond donors (Lipinski definition) is 0. The molecule has 3 heterocycles. The van der Waals surface area contributed by atoms with Gasteiger partial charge in [0.05, 0.1) is 23.6 Å². The van der Waals surface area contributed by atoms with E-state index in [1.807, 2.05) is 88.1 Å². The topological polar surface area (TPSA) is 35.9 Å². The van der Waals surface area contributed by atoms with Crippen LogP contribution in [0.4, 0.5) is 0 Å². The van der Waals surface area contributed by atoms with E-state index in [-0.39, 0.29) is 60.9 Å². The van der Waals surface area contributed by atoms with Gasteiger partial charge in [0.2, 0.25) is 0 Å². The minimum Gasteiger partial charge on any atom is -0.510 e. The number of hydrogen-bond acceptors (Lipinski definition) is 2. The van der Waals surface area contributed by atoms with Gasteiger partial charge in [-0.1, -0.05) is 214 Å². The summed E-state index contributed by atoms with van der Waals surface area (Å²) in [5.41, 5.74) is 12.4. The summed E-state index contributed by atoms with van der Waals surface area (Å²) in [6.07, 6.45) is 5.69. The molecule has 11 rings (SSSR count). The molecular weight excluding hydrogens is 1080 g/mol. The Morgan fingerprint density at radius 1 is 0.581 bits per heavy atom. The summed E-state index contributed by atoms with van der Waals surface area (Å²) in [7, 11) is 0. The van der Waals surface area contributed by atoms with E-state index in [0.717, 1.165) is 72.0 Å². The van der Waals surface area contributed by atoms with Gasteiger partial charge in [0.15, 0.2) is 0 Å². The van der Waals surface area contributed by atoms with Crippen LogP contribution in [0, 0.1) is 23.9 Å². The molecule has 11 aromatic rings. The first-order valence-electron chi connectivity index (χ1n) is 27.6. The van der Waals surface area contributed by atoms with Crippen molar-refractivity contribution in [2.75, 3.05) is 0 Å². The maximum Gasteiger partial charge on any atom is 0.268 e. The number of pyridine rings is 1. The number of aromatic nitrogens is 4. The van der Waals surface area contributed by atoms with Gasteiger partial charge < -0.3 is 13.9 Å². The van der Waals surface area contributed by atoms with E-state index in [1.54, 1.807) is 0 Å². The number of ether oxygens (including phenoxy) is 1. The zero-order valence-electron chi connectivity index (χ0n) is 48.6. The first-order chi connectivity index (χ1) is 37.1. The van der Waals surface area contributed by atoms with Gasteiger partial charge in [-0.15, -0.1) is 29.7 Å². The Balaban J connectivity index is 0.00000704. The van der Waals surface area contributed by atoms with Crippen LogP contribution in [0.15, 0.2) is 188 Å². The van der Waals surface area contributed by atoms with Gasteiger partial charge in [0.1, 0.15) is 5.82 Å². The molecule has 0 saturated carbocycles. The maximum atomic E-state index is 9.24. The van der Waals surface area contributed by atoms with Crippen LogP contribution in [0.1, 0.15) is 98.7 Å². The molecule has 372 valence electrons. The van der Waals surface area contributed by atoms with E-state index < -0.39 is 18.1 Å². The summed E-state index contributed by atoms with van der Waals surface area (Å²) in [4.78, 5) is 5.17. The van der Waals surface area contributed by atoms with E-state index >= 15 is 0 Å². The quantitative estimate of drug-likeness (QED) is 0.107. The Kier molecular flexibility index (Phi) is 11.6. The van der Waals surface area contributed by atoms with Crippen molar-refractivity contribution < 1.29 is 37.2 Å². The van der Waals surface area contributed by atoms with Crippen molar-refractivity contribution in [1.82, 2.24) is 14.1 Å². The first kappa shape index (κ1) is 44.2. The van der Waals surface area contributed by atoms with Crippen LogP contribution in [0.5, 0.6) is 11.5 Å². The largest absolute Gasteiger partial charge is 0.510 e. The summed E-state index contributed by atoms with van der Waals surface area (Å²) in [6, 6.07) is 56.7. The predicted octanol–water partition coefficient (Wildman–Crippen LogP) is 17.3. The maximum absolute atomic E-state index is 9.24. The number of para-hydroxylation sites is 4. The third-order valence-electron chi connectivity index (χ3n) is 14.3. The van der Waals surface area contributed by atoms with Crippen LogP contribution in [-0.2, 0) is 31.9 Å². The molecule has 0 aliphatic carbocycles. The van der Waals surface area contributed by atoms with E-state index in [2.05, 4.69) is 171 Å². The molecule has 0 N–H and O–H groups in total. The number of rotatable bonds is 9. The third-order valence-corrected chi connectivity index (χ3v) is 14.3. The van der Waals surface area contributed by atoms with Crippen LogP contribution < -0.4 is 9.30 Å². The Hall–Kier alpha value is -7.33. The van der Waals surface area contributed by atoms with Gasteiger partial charge in [0, 0.05) is 49.8 Å². The van der Waals surface area contributed by atoms with Crippen LogP contribution in [0.2, 0.25) is 0 Å². The SMILES string of the molecule is [2H]c1c([2H])c([2H])c(-c2cccc(-c3cc(C(C)(C)C)cc(C(C)(C)C)c3)c2-[n+]2[c-]n(-c3[c-]c(Oc4[c-]c5c(cc4)c4ccccc4n5-c4cc(C(C)C(C)(C)C)c(-c5ccccc5)cn4)ccc3)c3ccccc32)c([2H])c1[2H].[Pt]. The molecular formula is C68H62N4OPt-2. The fourth-order valence-electron chi connectivity index (χ4n) is 9.84. The molecule has 0 bridgehead atoms. The van der Waals surface area contributed by atoms with Gasteiger partial charge >= 0.3 is 0 Å². The molecule has 0 aliphatic heterocycles. The van der Waals surface area contributed by atoms with Crippen molar-refractivity contribution in [1.29, 1.82) is 0 Å². The standard InChI is InChI=1S/C68H62N4O.Pt/c1-45(66(2,3)4)58-42-64(69-43-59(58)47-25-15-12-16-26-47)72-60-32-18-17-29-56(60)57-36-35-53(41-63(57)72)73-52-28-21-27-51(40-52)70-44-71(62-34-20-19-33-61(62)70)65-54(46-23-13-11-14-24-46)30-22-31-55(65)48-37-49(67(5,6)7)39-50(38-48)68(8,9)10;/h11-39,42-43,45H,1-10H3;/q-2;/i11D,13D,14D,23D,24D;. The molecule has 0 spiro atoms. The van der Waals surface area contributed by atoms with Crippen LogP contribution in [0.25, 0.3) is 83.4 Å². The summed E-state index contributed by atoms with van der Waals surface area (Å²) < 4.78 is 57.3. The Labute approximate surface area is 458 Å². The molecule has 1 unspecified atom stereocenters. The zero-order valence-corrected chi connectivity index (χ0v) is 45.9.